The van der Waals surface area contributed by atoms with Gasteiger partial charge in [-0.05, 0) is 22.0 Å². The average Bonchev–Trinajstić information content (AvgIpc) is 1.94. The number of hydrogen-bond acceptors (Lipinski definition) is 2. The van der Waals surface area contributed by atoms with Gasteiger partial charge in [-0.1, -0.05) is 11.6 Å². The Morgan fingerprint density at radius 1 is 1.73 bits per heavy atom. The van der Waals surface area contributed by atoms with E-state index in [1.165, 1.54) is 19.2 Å². The van der Waals surface area contributed by atoms with E-state index < -0.39 is 0 Å². The van der Waals surface area contributed by atoms with Crippen molar-refractivity contribution in [2.75, 3.05) is 0 Å². The third-order valence-electron chi connectivity index (χ3n) is 1.17. The molecule has 0 bridgehead atoms. The van der Waals surface area contributed by atoms with Gasteiger partial charge in [-0.15, -0.1) is 0 Å². The van der Waals surface area contributed by atoms with E-state index in [0.29, 0.717) is 15.2 Å². The number of pyridine rings is 1. The molecule has 0 N–H and O–H groups in total. The molecule has 0 saturated carbocycles. The first-order chi connectivity index (χ1) is 5.11. The minimum absolute atomic E-state index is 0.0839. The van der Waals surface area contributed by atoms with Gasteiger partial charge in [-0.2, -0.15) is 0 Å². The van der Waals surface area contributed by atoms with Crippen molar-refractivity contribution in [3.8, 4) is 0 Å². The second kappa shape index (κ2) is 3.32. The summed E-state index contributed by atoms with van der Waals surface area (Å²) < 4.78 is 0.698. The highest BCUT2D eigenvalue weighted by atomic mass is 79.9. The predicted molar refractivity (Wildman–Crippen MR) is 47.0 cm³/mol. The van der Waals surface area contributed by atoms with Crippen molar-refractivity contribution < 1.29 is 4.79 Å². The minimum atomic E-state index is -0.0839. The van der Waals surface area contributed by atoms with Crippen molar-refractivity contribution in [2.24, 2.45) is 0 Å². The van der Waals surface area contributed by atoms with E-state index in [2.05, 4.69) is 20.9 Å². The van der Waals surface area contributed by atoms with Crippen LogP contribution in [0.5, 0.6) is 0 Å². The van der Waals surface area contributed by atoms with E-state index in [1.54, 1.807) is 0 Å². The van der Waals surface area contributed by atoms with Crippen LogP contribution in [0.1, 0.15) is 17.4 Å². The number of carbonyl (C=O) groups excluding carboxylic acids is 1. The molecule has 4 heteroatoms. The van der Waals surface area contributed by atoms with Gasteiger partial charge < -0.3 is 0 Å². The molecule has 1 heterocycles. The van der Waals surface area contributed by atoms with Gasteiger partial charge in [0, 0.05) is 13.1 Å². The van der Waals surface area contributed by atoms with Crippen molar-refractivity contribution in [3.63, 3.8) is 0 Å². The Morgan fingerprint density at radius 2 is 2.36 bits per heavy atom. The largest absolute Gasteiger partial charge is 0.293 e. The summed E-state index contributed by atoms with van der Waals surface area (Å²) in [7, 11) is 0. The molecular formula is C7H5BrClNO. The molecule has 0 amide bonds. The van der Waals surface area contributed by atoms with Crippen LogP contribution in [0.2, 0.25) is 5.02 Å². The van der Waals surface area contributed by atoms with Gasteiger partial charge in [0.05, 0.1) is 9.50 Å². The van der Waals surface area contributed by atoms with Crippen LogP contribution >= 0.6 is 27.5 Å². The Kier molecular flexibility index (Phi) is 2.62. The smallest absolute Gasteiger partial charge is 0.178 e. The van der Waals surface area contributed by atoms with E-state index in [-0.39, 0.29) is 5.78 Å². The molecule has 0 fully saturated rings. The maximum absolute atomic E-state index is 10.8. The molecule has 0 spiro atoms. The molecule has 2 nitrogen and oxygen atoms in total. The number of aromatic nitrogens is 1. The number of carbonyl (C=O) groups is 1. The van der Waals surface area contributed by atoms with Crippen molar-refractivity contribution in [1.29, 1.82) is 0 Å². The van der Waals surface area contributed by atoms with E-state index in [1.807, 2.05) is 0 Å². The summed E-state index contributed by atoms with van der Waals surface area (Å²) in [5, 5.41) is 0.505. The molecule has 0 aliphatic heterocycles. The zero-order chi connectivity index (χ0) is 8.43. The molecule has 1 aromatic heterocycles. The van der Waals surface area contributed by atoms with Crippen LogP contribution in [0, 0.1) is 0 Å². The fraction of sp³-hybridized carbons (Fsp3) is 0.143. The molecule has 1 aromatic rings. The molecule has 0 atom stereocenters. The minimum Gasteiger partial charge on any atom is -0.293 e. The maximum atomic E-state index is 10.8. The lowest BCUT2D eigenvalue weighted by Gasteiger charge is -1.96. The summed E-state index contributed by atoms with van der Waals surface area (Å²) in [4.78, 5) is 14.6. The van der Waals surface area contributed by atoms with E-state index in [0.717, 1.165) is 0 Å². The van der Waals surface area contributed by atoms with Gasteiger partial charge in [0.15, 0.2) is 5.78 Å². The molecule has 58 valence electrons. The molecule has 11 heavy (non-hydrogen) atoms. The fourth-order valence-corrected chi connectivity index (χ4v) is 0.976. The number of nitrogens with zero attached hydrogens (tertiary/aromatic N) is 1. The number of halogens is 2. The summed E-state index contributed by atoms with van der Waals surface area (Å²) in [5.74, 6) is -0.0839. The first-order valence-corrected chi connectivity index (χ1v) is 4.10. The molecule has 1 rings (SSSR count). The number of hydrogen-bond donors (Lipinski definition) is 0. The Labute approximate surface area is 77.7 Å². The zero-order valence-electron chi connectivity index (χ0n) is 5.77. The molecule has 0 aliphatic carbocycles. The van der Waals surface area contributed by atoms with E-state index >= 15 is 0 Å². The highest BCUT2D eigenvalue weighted by Crippen LogP contribution is 2.21. The lowest BCUT2D eigenvalue weighted by atomic mass is 10.3. The summed E-state index contributed by atoms with van der Waals surface area (Å²) >= 11 is 8.89. The third-order valence-corrected chi connectivity index (χ3v) is 2.34. The molecular weight excluding hydrogens is 229 g/mol. The Morgan fingerprint density at radius 3 is 2.82 bits per heavy atom. The molecule has 0 saturated heterocycles. The first-order valence-electron chi connectivity index (χ1n) is 2.93. The lowest BCUT2D eigenvalue weighted by Crippen LogP contribution is -1.95. The van der Waals surface area contributed by atoms with E-state index in [4.69, 9.17) is 11.6 Å². The summed E-state index contributed by atoms with van der Waals surface area (Å²) in [6.45, 7) is 1.45. The van der Waals surface area contributed by atoms with Crippen LogP contribution in [-0.4, -0.2) is 10.8 Å². The predicted octanol–water partition coefficient (Wildman–Crippen LogP) is 2.70. The standard InChI is InChI=1S/C7H5BrClNO/c1-4(11)7-2-6(9)5(8)3-10-7/h2-3H,1H3. The molecule has 0 aromatic carbocycles. The highest BCUT2D eigenvalue weighted by Gasteiger charge is 2.03. The second-order valence-corrected chi connectivity index (χ2v) is 3.30. The normalized spacial score (nSPS) is 9.73. The SMILES string of the molecule is CC(=O)c1cc(Cl)c(Br)cn1. The van der Waals surface area contributed by atoms with Crippen LogP contribution in [0.3, 0.4) is 0 Å². The fourth-order valence-electron chi connectivity index (χ4n) is 0.607. The van der Waals surface area contributed by atoms with Crippen LogP contribution in [0.25, 0.3) is 0 Å². The van der Waals surface area contributed by atoms with Crippen molar-refractivity contribution in [2.45, 2.75) is 6.92 Å². The Hall–Kier alpha value is -0.410. The van der Waals surface area contributed by atoms with Gasteiger partial charge >= 0.3 is 0 Å². The second-order valence-electron chi connectivity index (χ2n) is 2.04. The number of rotatable bonds is 1. The zero-order valence-corrected chi connectivity index (χ0v) is 8.11. The van der Waals surface area contributed by atoms with Gasteiger partial charge in [-0.3, -0.25) is 9.78 Å². The first kappa shape index (κ1) is 8.68. The van der Waals surface area contributed by atoms with E-state index in [9.17, 15) is 4.79 Å². The highest BCUT2D eigenvalue weighted by molar-refractivity contribution is 9.10. The van der Waals surface area contributed by atoms with Crippen molar-refractivity contribution in [1.82, 2.24) is 4.98 Å². The topological polar surface area (TPSA) is 30.0 Å². The monoisotopic (exact) mass is 233 g/mol. The molecule has 0 radical (unpaired) electrons. The van der Waals surface area contributed by atoms with Crippen LogP contribution in [-0.2, 0) is 0 Å². The Bertz CT molecular complexity index is 300. The van der Waals surface area contributed by atoms with Crippen LogP contribution in [0.4, 0.5) is 0 Å². The molecule has 0 aliphatic rings. The number of Topliss-reactive ketones (excluding diaryl/α,β-unsaturated/α-hetero) is 1. The Balaban J connectivity index is 3.15. The van der Waals surface area contributed by atoms with Crippen molar-refractivity contribution >= 4 is 33.3 Å². The quantitative estimate of drug-likeness (QED) is 0.699. The van der Waals surface area contributed by atoms with Gasteiger partial charge in [0.25, 0.3) is 0 Å². The van der Waals surface area contributed by atoms with Gasteiger partial charge in [0.1, 0.15) is 5.69 Å². The summed E-state index contributed by atoms with van der Waals surface area (Å²) in [6.07, 6.45) is 1.51. The third kappa shape index (κ3) is 2.01. The van der Waals surface area contributed by atoms with Crippen molar-refractivity contribution in [3.05, 3.63) is 27.5 Å². The van der Waals surface area contributed by atoms with Gasteiger partial charge in [-0.25, -0.2) is 0 Å². The van der Waals surface area contributed by atoms with Gasteiger partial charge in [0.2, 0.25) is 0 Å². The average molecular weight is 234 g/mol. The number of ketones is 1. The lowest BCUT2D eigenvalue weighted by molar-refractivity contribution is 0.101. The van der Waals surface area contributed by atoms with Crippen LogP contribution < -0.4 is 0 Å². The summed E-state index contributed by atoms with van der Waals surface area (Å²) in [6, 6.07) is 1.54. The van der Waals surface area contributed by atoms with Crippen LogP contribution in [0.15, 0.2) is 16.7 Å². The molecule has 0 unspecified atom stereocenters. The maximum Gasteiger partial charge on any atom is 0.178 e. The summed E-state index contributed by atoms with van der Waals surface area (Å²) in [5.41, 5.74) is 0.387.